The number of rotatable bonds is 11. The minimum Gasteiger partial charge on any atom is -0.457 e. The van der Waals surface area contributed by atoms with Crippen molar-refractivity contribution in [1.29, 1.82) is 5.26 Å². The molecule has 3 rings (SSSR count). The van der Waals surface area contributed by atoms with Gasteiger partial charge in [0.1, 0.15) is 17.9 Å². The number of nitrogens with two attached hydrogens (primary N) is 1. The molecule has 44 heavy (non-hydrogen) atoms. The summed E-state index contributed by atoms with van der Waals surface area (Å²) in [5.41, 5.74) is 2.42. The van der Waals surface area contributed by atoms with E-state index in [1.165, 1.54) is 32.0 Å². The van der Waals surface area contributed by atoms with Gasteiger partial charge in [0.15, 0.2) is 0 Å². The number of nitriles is 1. The Labute approximate surface area is 251 Å². The number of ether oxygens (including phenoxy) is 3. The van der Waals surface area contributed by atoms with Crippen LogP contribution < -0.4 is 15.4 Å². The van der Waals surface area contributed by atoms with Gasteiger partial charge in [-0.3, -0.25) is 19.3 Å². The van der Waals surface area contributed by atoms with Gasteiger partial charge >= 0.3 is 18.2 Å². The molecular formula is C30H29F3N4O7. The Morgan fingerprint density at radius 1 is 1.09 bits per heavy atom. The fraction of sp³-hybridized carbons (Fsp3) is 0.367. The fourth-order valence-corrected chi connectivity index (χ4v) is 4.16. The molecule has 0 bridgehead atoms. The number of alkyl halides is 3. The Bertz CT molecular complexity index is 1550. The average molecular weight is 615 g/mol. The number of primary amides is 1. The number of urea groups is 1. The van der Waals surface area contributed by atoms with Crippen LogP contribution in [0, 0.1) is 23.2 Å². The Balaban J connectivity index is 1.61. The van der Waals surface area contributed by atoms with E-state index in [-0.39, 0.29) is 50.0 Å². The average Bonchev–Trinajstić information content (AvgIpc) is 3.13. The molecule has 0 radical (unpaired) electrons. The van der Waals surface area contributed by atoms with Crippen LogP contribution in [-0.2, 0) is 31.8 Å². The molecule has 0 spiro atoms. The fourth-order valence-electron chi connectivity index (χ4n) is 4.16. The number of hydrogen-bond donors (Lipinski definition) is 1. The lowest BCUT2D eigenvalue weighted by molar-refractivity contribution is -0.150. The number of carbonyl (C=O) groups excluding carboxylic acids is 4. The van der Waals surface area contributed by atoms with Crippen LogP contribution in [0.5, 0.6) is 5.75 Å². The summed E-state index contributed by atoms with van der Waals surface area (Å²) in [6.07, 6.45) is -4.01. The highest BCUT2D eigenvalue weighted by molar-refractivity contribution is 6.23. The minimum absolute atomic E-state index is 0.0291. The molecule has 4 amide bonds. The number of amides is 4. The van der Waals surface area contributed by atoms with Gasteiger partial charge in [-0.25, -0.2) is 9.69 Å². The maximum absolute atomic E-state index is 13.4. The Kier molecular flexibility index (Phi) is 10.6. The van der Waals surface area contributed by atoms with Crippen molar-refractivity contribution in [2.75, 3.05) is 24.8 Å². The van der Waals surface area contributed by atoms with Gasteiger partial charge in [0.2, 0.25) is 6.79 Å². The van der Waals surface area contributed by atoms with Crippen LogP contribution in [0.2, 0.25) is 0 Å². The number of nitrogens with zero attached hydrogens (tertiary/aromatic N) is 3. The van der Waals surface area contributed by atoms with Crippen LogP contribution in [0.25, 0.3) is 0 Å². The van der Waals surface area contributed by atoms with Gasteiger partial charge in [-0.2, -0.15) is 18.4 Å². The van der Waals surface area contributed by atoms with Crippen molar-refractivity contribution < 1.29 is 46.6 Å². The smallest absolute Gasteiger partial charge is 0.417 e. The zero-order chi connectivity index (χ0) is 32.7. The first kappa shape index (κ1) is 33.4. The van der Waals surface area contributed by atoms with E-state index < -0.39 is 46.7 Å². The number of benzene rings is 2. The third-order valence-corrected chi connectivity index (χ3v) is 6.51. The number of carbonyl (C=O) groups is 4. The first-order valence-electron chi connectivity index (χ1n) is 13.2. The highest BCUT2D eigenvalue weighted by Crippen LogP contribution is 2.37. The Morgan fingerprint density at radius 3 is 2.45 bits per heavy atom. The second-order valence-electron chi connectivity index (χ2n) is 9.98. The number of anilines is 1. The van der Waals surface area contributed by atoms with Gasteiger partial charge in [0, 0.05) is 6.42 Å². The maximum Gasteiger partial charge on any atom is 0.417 e. The molecule has 2 aromatic rings. The number of halogens is 3. The lowest BCUT2D eigenvalue weighted by atomic mass is 10.0. The first-order chi connectivity index (χ1) is 20.7. The summed E-state index contributed by atoms with van der Waals surface area (Å²) in [5, 5.41) is 9.02. The molecule has 11 nitrogen and oxygen atoms in total. The molecule has 1 fully saturated rings. The van der Waals surface area contributed by atoms with Crippen molar-refractivity contribution in [3.8, 4) is 23.7 Å². The molecule has 2 aromatic carbocycles. The van der Waals surface area contributed by atoms with Crippen molar-refractivity contribution in [3.05, 3.63) is 58.7 Å². The molecule has 232 valence electrons. The van der Waals surface area contributed by atoms with E-state index in [0.717, 1.165) is 17.0 Å². The summed E-state index contributed by atoms with van der Waals surface area (Å²) >= 11 is 0. The third kappa shape index (κ3) is 7.65. The first-order valence-corrected chi connectivity index (χ1v) is 13.2. The molecule has 0 saturated carbocycles. The highest BCUT2D eigenvalue weighted by Gasteiger charge is 2.52. The summed E-state index contributed by atoms with van der Waals surface area (Å²) < 4.78 is 56.1. The summed E-state index contributed by atoms with van der Waals surface area (Å²) in [6, 6.07) is 7.75. The quantitative estimate of drug-likeness (QED) is 0.130. The second kappa shape index (κ2) is 13.9. The molecule has 0 aromatic heterocycles. The zero-order valence-electron chi connectivity index (χ0n) is 24.1. The largest absolute Gasteiger partial charge is 0.457 e. The van der Waals surface area contributed by atoms with E-state index in [0.29, 0.717) is 23.0 Å². The highest BCUT2D eigenvalue weighted by atomic mass is 19.4. The molecule has 0 atom stereocenters. The van der Waals surface area contributed by atoms with E-state index in [1.807, 2.05) is 6.92 Å². The van der Waals surface area contributed by atoms with Crippen molar-refractivity contribution in [2.45, 2.75) is 51.9 Å². The predicted molar refractivity (Wildman–Crippen MR) is 149 cm³/mol. The maximum atomic E-state index is 13.4. The van der Waals surface area contributed by atoms with E-state index in [4.69, 9.17) is 25.2 Å². The van der Waals surface area contributed by atoms with Crippen molar-refractivity contribution in [1.82, 2.24) is 4.90 Å². The van der Waals surface area contributed by atoms with E-state index >= 15 is 0 Å². The Hall–Kier alpha value is -5.08. The molecule has 1 saturated heterocycles. The van der Waals surface area contributed by atoms with Gasteiger partial charge in [0.25, 0.3) is 11.8 Å². The summed E-state index contributed by atoms with van der Waals surface area (Å²) in [4.78, 5) is 51.2. The second-order valence-corrected chi connectivity index (χ2v) is 9.98. The van der Waals surface area contributed by atoms with Gasteiger partial charge in [0.05, 0.1) is 41.6 Å². The molecule has 1 aliphatic rings. The molecule has 1 aliphatic heterocycles. The molecule has 2 N–H and O–H groups in total. The van der Waals surface area contributed by atoms with Crippen LogP contribution >= 0.6 is 0 Å². The molecule has 0 unspecified atom stereocenters. The topological polar surface area (TPSA) is 152 Å². The van der Waals surface area contributed by atoms with Gasteiger partial charge in [-0.1, -0.05) is 24.8 Å². The summed E-state index contributed by atoms with van der Waals surface area (Å²) in [7, 11) is 0. The van der Waals surface area contributed by atoms with Crippen LogP contribution in [0.15, 0.2) is 36.4 Å². The van der Waals surface area contributed by atoms with Crippen LogP contribution in [0.1, 0.15) is 60.7 Å². The Morgan fingerprint density at radius 2 is 1.82 bits per heavy atom. The summed E-state index contributed by atoms with van der Waals surface area (Å²) in [5.74, 6) is 3.59. The van der Waals surface area contributed by atoms with Gasteiger partial charge in [-0.05, 0) is 56.2 Å². The zero-order valence-corrected chi connectivity index (χ0v) is 24.1. The van der Waals surface area contributed by atoms with E-state index in [9.17, 15) is 32.3 Å². The van der Waals surface area contributed by atoms with E-state index in [2.05, 4.69) is 11.8 Å². The third-order valence-electron chi connectivity index (χ3n) is 6.51. The molecule has 0 aliphatic carbocycles. The van der Waals surface area contributed by atoms with Crippen molar-refractivity contribution >= 4 is 29.5 Å². The SMILES string of the molecule is CCCC(=O)OCOc1ccc(COCC#CCN2C(=O)N(c3ccc(C#N)c(C(F)(F)F)c3)C(=O)C2(C)C)cc1C(N)=O. The van der Waals surface area contributed by atoms with Gasteiger partial charge in [-0.15, -0.1) is 0 Å². The molecule has 1 heterocycles. The van der Waals surface area contributed by atoms with Crippen LogP contribution in [0.4, 0.5) is 23.7 Å². The van der Waals surface area contributed by atoms with Crippen LogP contribution in [0.3, 0.4) is 0 Å². The van der Waals surface area contributed by atoms with Gasteiger partial charge < -0.3 is 19.9 Å². The standard InChI is InChI=1S/C30H29F3N4O7/c1-4-7-25(38)44-18-43-24-11-8-19(14-22(24)26(35)39)17-42-13-6-5-12-36-28(41)37(27(40)29(36,2)3)21-10-9-20(16-34)23(15-21)30(31,32)33/h8-11,14-15H,4,7,12-13,17-18H2,1-3H3,(H2,35,39). The number of esters is 1. The number of hydrogen-bond acceptors (Lipinski definition) is 8. The lowest BCUT2D eigenvalue weighted by Crippen LogP contribution is -2.44. The molecular weight excluding hydrogens is 585 g/mol. The molecule has 14 heteroatoms. The summed E-state index contributed by atoms with van der Waals surface area (Å²) in [6.45, 7) is 4.04. The predicted octanol–water partition coefficient (Wildman–Crippen LogP) is 4.12. The minimum atomic E-state index is -4.87. The van der Waals surface area contributed by atoms with E-state index in [1.54, 1.807) is 6.07 Å². The number of imide groups is 1. The van der Waals surface area contributed by atoms with Crippen molar-refractivity contribution in [3.63, 3.8) is 0 Å². The lowest BCUT2D eigenvalue weighted by Gasteiger charge is -2.25. The van der Waals surface area contributed by atoms with Crippen molar-refractivity contribution in [2.24, 2.45) is 5.73 Å². The monoisotopic (exact) mass is 614 g/mol. The van der Waals surface area contributed by atoms with Crippen LogP contribution in [-0.4, -0.2) is 54.2 Å². The normalized spacial score (nSPS) is 14.1.